The molecule has 0 saturated heterocycles. The summed E-state index contributed by atoms with van der Waals surface area (Å²) in [6, 6.07) is 6.28. The van der Waals surface area contributed by atoms with E-state index in [2.05, 4.69) is 6.07 Å². The topological polar surface area (TPSA) is 55.5 Å². The molecular formula is C16H25NO2. The Kier molecular flexibility index (Phi) is 4.48. The molecular weight excluding hydrogens is 238 g/mol. The van der Waals surface area contributed by atoms with Crippen LogP contribution in [0.2, 0.25) is 0 Å². The van der Waals surface area contributed by atoms with Crippen LogP contribution in [0.4, 0.5) is 0 Å². The molecule has 0 fully saturated rings. The van der Waals surface area contributed by atoms with Gasteiger partial charge in [0.15, 0.2) is 0 Å². The van der Waals surface area contributed by atoms with Crippen LogP contribution in [-0.2, 0) is 6.42 Å². The molecule has 0 spiro atoms. The van der Waals surface area contributed by atoms with Crippen molar-refractivity contribution in [1.29, 1.82) is 0 Å². The van der Waals surface area contributed by atoms with E-state index in [0.717, 1.165) is 18.6 Å². The normalized spacial score (nSPS) is 19.1. The number of nitrogens with two attached hydrogens (primary N) is 1. The molecule has 0 heterocycles. The standard InChI is InChI=1S/C16H25NO2/c1-3-16(18,4-2)11-19-13-9-8-12-6-5-7-15(17)14(12)10-13/h8-10,15,18H,3-7,11,17H2,1-2H3. The van der Waals surface area contributed by atoms with Crippen molar-refractivity contribution in [2.75, 3.05) is 6.61 Å². The highest BCUT2D eigenvalue weighted by Gasteiger charge is 2.23. The SMILES string of the molecule is CCC(O)(CC)COc1ccc2c(c1)C(N)CCC2. The van der Waals surface area contributed by atoms with Gasteiger partial charge in [-0.1, -0.05) is 19.9 Å². The monoisotopic (exact) mass is 263 g/mol. The molecule has 1 unspecified atom stereocenters. The minimum atomic E-state index is -0.724. The summed E-state index contributed by atoms with van der Waals surface area (Å²) in [5.41, 5.74) is 7.97. The number of hydrogen-bond acceptors (Lipinski definition) is 3. The van der Waals surface area contributed by atoms with Crippen LogP contribution in [-0.4, -0.2) is 17.3 Å². The van der Waals surface area contributed by atoms with E-state index in [4.69, 9.17) is 10.5 Å². The number of benzene rings is 1. The summed E-state index contributed by atoms with van der Waals surface area (Å²) < 4.78 is 5.76. The summed E-state index contributed by atoms with van der Waals surface area (Å²) in [6.45, 7) is 4.30. The van der Waals surface area contributed by atoms with Crippen molar-refractivity contribution in [2.24, 2.45) is 5.73 Å². The number of aryl methyl sites for hydroxylation is 1. The second-order valence-electron chi connectivity index (χ2n) is 5.58. The maximum absolute atomic E-state index is 10.2. The van der Waals surface area contributed by atoms with E-state index >= 15 is 0 Å². The summed E-state index contributed by atoms with van der Waals surface area (Å²) in [6.07, 6.45) is 4.73. The van der Waals surface area contributed by atoms with E-state index in [1.165, 1.54) is 17.5 Å². The van der Waals surface area contributed by atoms with Crippen LogP contribution in [0.5, 0.6) is 5.75 Å². The molecule has 0 amide bonds. The highest BCUT2D eigenvalue weighted by Crippen LogP contribution is 2.31. The molecule has 0 aromatic heterocycles. The van der Waals surface area contributed by atoms with Gasteiger partial charge in [-0.05, 0) is 55.4 Å². The quantitative estimate of drug-likeness (QED) is 0.858. The lowest BCUT2D eigenvalue weighted by molar-refractivity contribution is -0.0113. The van der Waals surface area contributed by atoms with Crippen molar-refractivity contribution in [3.63, 3.8) is 0 Å². The minimum Gasteiger partial charge on any atom is -0.491 e. The molecule has 0 bridgehead atoms. The average Bonchev–Trinajstić information content (AvgIpc) is 2.45. The average molecular weight is 263 g/mol. The Bertz CT molecular complexity index is 427. The third-order valence-corrected chi connectivity index (χ3v) is 4.30. The number of hydrogen-bond donors (Lipinski definition) is 2. The van der Waals surface area contributed by atoms with E-state index < -0.39 is 5.60 Å². The number of aliphatic hydroxyl groups is 1. The lowest BCUT2D eigenvalue weighted by atomic mass is 9.88. The summed E-state index contributed by atoms with van der Waals surface area (Å²) in [5, 5.41) is 10.2. The molecule has 0 saturated carbocycles. The fraction of sp³-hybridized carbons (Fsp3) is 0.625. The number of rotatable bonds is 5. The Morgan fingerprint density at radius 1 is 1.37 bits per heavy atom. The molecule has 1 aromatic carbocycles. The Morgan fingerprint density at radius 2 is 2.11 bits per heavy atom. The van der Waals surface area contributed by atoms with Crippen molar-refractivity contribution >= 4 is 0 Å². The minimum absolute atomic E-state index is 0.128. The summed E-state index contributed by atoms with van der Waals surface area (Å²) in [5.74, 6) is 0.816. The third kappa shape index (κ3) is 3.28. The first-order chi connectivity index (χ1) is 9.08. The Labute approximate surface area is 115 Å². The lowest BCUT2D eigenvalue weighted by Crippen LogP contribution is -2.34. The van der Waals surface area contributed by atoms with Crippen LogP contribution in [0.3, 0.4) is 0 Å². The van der Waals surface area contributed by atoms with Crippen LogP contribution in [0, 0.1) is 0 Å². The molecule has 1 atom stereocenters. The molecule has 19 heavy (non-hydrogen) atoms. The van der Waals surface area contributed by atoms with Crippen molar-refractivity contribution in [1.82, 2.24) is 0 Å². The first-order valence-corrected chi connectivity index (χ1v) is 7.31. The fourth-order valence-electron chi connectivity index (χ4n) is 2.58. The van der Waals surface area contributed by atoms with Crippen LogP contribution < -0.4 is 10.5 Å². The molecule has 3 heteroatoms. The molecule has 106 valence electrons. The fourth-order valence-corrected chi connectivity index (χ4v) is 2.58. The van der Waals surface area contributed by atoms with Gasteiger partial charge in [0.1, 0.15) is 12.4 Å². The van der Waals surface area contributed by atoms with Gasteiger partial charge >= 0.3 is 0 Å². The molecule has 1 aromatic rings. The van der Waals surface area contributed by atoms with Gasteiger partial charge in [-0.2, -0.15) is 0 Å². The van der Waals surface area contributed by atoms with Gasteiger partial charge in [0.05, 0.1) is 5.60 Å². The second-order valence-corrected chi connectivity index (χ2v) is 5.58. The van der Waals surface area contributed by atoms with Crippen LogP contribution in [0.25, 0.3) is 0 Å². The van der Waals surface area contributed by atoms with Crippen molar-refractivity contribution in [3.05, 3.63) is 29.3 Å². The number of ether oxygens (including phenoxy) is 1. The van der Waals surface area contributed by atoms with Gasteiger partial charge in [0.25, 0.3) is 0 Å². The maximum Gasteiger partial charge on any atom is 0.119 e. The smallest absolute Gasteiger partial charge is 0.119 e. The molecule has 1 aliphatic carbocycles. The largest absolute Gasteiger partial charge is 0.491 e. The van der Waals surface area contributed by atoms with E-state index in [1.807, 2.05) is 26.0 Å². The molecule has 3 nitrogen and oxygen atoms in total. The van der Waals surface area contributed by atoms with Crippen molar-refractivity contribution in [2.45, 2.75) is 57.6 Å². The third-order valence-electron chi connectivity index (χ3n) is 4.30. The summed E-state index contributed by atoms with van der Waals surface area (Å²) >= 11 is 0. The predicted octanol–water partition coefficient (Wildman–Crippen LogP) is 2.95. The highest BCUT2D eigenvalue weighted by atomic mass is 16.5. The van der Waals surface area contributed by atoms with Gasteiger partial charge in [0.2, 0.25) is 0 Å². The van der Waals surface area contributed by atoms with Gasteiger partial charge in [-0.15, -0.1) is 0 Å². The Hall–Kier alpha value is -1.06. The zero-order valence-electron chi connectivity index (χ0n) is 12.0. The molecule has 0 aliphatic heterocycles. The zero-order chi connectivity index (χ0) is 13.9. The molecule has 3 N–H and O–H groups in total. The Morgan fingerprint density at radius 3 is 2.79 bits per heavy atom. The zero-order valence-corrected chi connectivity index (χ0v) is 12.0. The van der Waals surface area contributed by atoms with Crippen LogP contribution >= 0.6 is 0 Å². The first-order valence-electron chi connectivity index (χ1n) is 7.31. The second kappa shape index (κ2) is 5.93. The van der Waals surface area contributed by atoms with E-state index in [-0.39, 0.29) is 6.04 Å². The van der Waals surface area contributed by atoms with Gasteiger partial charge in [0, 0.05) is 6.04 Å². The van der Waals surface area contributed by atoms with Gasteiger partial charge < -0.3 is 15.6 Å². The molecule has 1 aliphatic rings. The predicted molar refractivity (Wildman–Crippen MR) is 77.3 cm³/mol. The Balaban J connectivity index is 2.08. The molecule has 0 radical (unpaired) electrons. The van der Waals surface area contributed by atoms with Crippen molar-refractivity contribution in [3.8, 4) is 5.75 Å². The van der Waals surface area contributed by atoms with Crippen LogP contribution in [0.15, 0.2) is 18.2 Å². The summed E-state index contributed by atoms with van der Waals surface area (Å²) in [4.78, 5) is 0. The number of fused-ring (bicyclic) bond motifs is 1. The van der Waals surface area contributed by atoms with Crippen molar-refractivity contribution < 1.29 is 9.84 Å². The molecule has 2 rings (SSSR count). The van der Waals surface area contributed by atoms with E-state index in [0.29, 0.717) is 19.4 Å². The van der Waals surface area contributed by atoms with Crippen LogP contribution in [0.1, 0.15) is 56.7 Å². The van der Waals surface area contributed by atoms with Gasteiger partial charge in [-0.3, -0.25) is 0 Å². The maximum atomic E-state index is 10.2. The first kappa shape index (κ1) is 14.4. The lowest BCUT2D eigenvalue weighted by Gasteiger charge is -2.26. The van der Waals surface area contributed by atoms with E-state index in [9.17, 15) is 5.11 Å². The summed E-state index contributed by atoms with van der Waals surface area (Å²) in [7, 11) is 0. The van der Waals surface area contributed by atoms with Gasteiger partial charge in [-0.25, -0.2) is 0 Å². The highest BCUT2D eigenvalue weighted by molar-refractivity contribution is 5.39. The van der Waals surface area contributed by atoms with E-state index in [1.54, 1.807) is 0 Å².